The van der Waals surface area contributed by atoms with Crippen LogP contribution in [0.25, 0.3) is 0 Å². The maximum absolute atomic E-state index is 3.99. The van der Waals surface area contributed by atoms with Crippen LogP contribution in [0.1, 0.15) is 105 Å². The van der Waals surface area contributed by atoms with Crippen LogP contribution in [0, 0.1) is 35.0 Å². The molecule has 4 heterocycles. The van der Waals surface area contributed by atoms with Gasteiger partial charge in [0.1, 0.15) is 0 Å². The van der Waals surface area contributed by atoms with E-state index in [0.717, 1.165) is 30.8 Å². The maximum Gasteiger partial charge on any atom is 0.0631 e. The first kappa shape index (κ1) is 31.0. The van der Waals surface area contributed by atoms with Gasteiger partial charge in [-0.05, 0) is 151 Å². The second kappa shape index (κ2) is 11.2. The van der Waals surface area contributed by atoms with Crippen molar-refractivity contribution < 1.29 is 0 Å². The summed E-state index contributed by atoms with van der Waals surface area (Å²) < 4.78 is 0. The van der Waals surface area contributed by atoms with Gasteiger partial charge in [0.15, 0.2) is 0 Å². The van der Waals surface area contributed by atoms with Crippen LogP contribution in [0.15, 0.2) is 92.9 Å². The molecule has 4 aliphatic heterocycles. The summed E-state index contributed by atoms with van der Waals surface area (Å²) in [6, 6.07) is 3.15. The molecule has 11 aliphatic rings. The first-order valence-corrected chi connectivity index (χ1v) is 21.1. The minimum Gasteiger partial charge on any atom is -0.380 e. The fourth-order valence-electron chi connectivity index (χ4n) is 14.2. The third-order valence-corrected chi connectivity index (χ3v) is 16.1. The molecule has 2 saturated carbocycles. The molecule has 0 aromatic rings. The highest BCUT2D eigenvalue weighted by molar-refractivity contribution is 5.61. The SMILES string of the molecule is CC(C)C1=CC(N2C3CCCC=C3C3NCC=CC32)C2CC3C4C5=C(CCC1=C52)C(N1C2=C(NCC=C2)C2=CCCCC21)CC4CCC3(C)C. The molecule has 0 aromatic carbocycles. The standard InChI is InChI=1S/C46H60N4/c1-26(2)32-25-40(50-36-14-8-6-12-31(36)45-38(50)16-10-22-48-45)33-24-34-41-27(19-20-46(34,3)4)23-39(29-18-17-28(32)42(33)43(29)41)49-35-13-7-5-11-30(35)44-37(49)15-9-21-47-44/h9-12,15-16,25-27,33-36,38-41,45,47-48H,5-8,13-14,17-24H2,1-4H3. The van der Waals surface area contributed by atoms with Crippen LogP contribution in [-0.4, -0.2) is 59.1 Å². The van der Waals surface area contributed by atoms with Gasteiger partial charge in [-0.3, -0.25) is 4.90 Å². The summed E-state index contributed by atoms with van der Waals surface area (Å²) in [6.45, 7) is 12.3. The molecule has 1 saturated heterocycles. The smallest absolute Gasteiger partial charge is 0.0631 e. The number of dihydropyridines is 1. The van der Waals surface area contributed by atoms with Crippen LogP contribution in [0.4, 0.5) is 0 Å². The number of nitrogens with zero attached hydrogens (tertiary/aromatic N) is 2. The average Bonchev–Trinajstić information content (AvgIpc) is 3.65. The van der Waals surface area contributed by atoms with Crippen LogP contribution in [-0.2, 0) is 0 Å². The molecule has 0 amide bonds. The van der Waals surface area contributed by atoms with Gasteiger partial charge in [0, 0.05) is 43.2 Å². The zero-order chi connectivity index (χ0) is 33.5. The summed E-state index contributed by atoms with van der Waals surface area (Å²) in [6.07, 6.45) is 34.0. The highest BCUT2D eigenvalue weighted by atomic mass is 15.3. The van der Waals surface area contributed by atoms with Gasteiger partial charge in [-0.2, -0.15) is 0 Å². The molecule has 0 bridgehead atoms. The van der Waals surface area contributed by atoms with Gasteiger partial charge in [-0.15, -0.1) is 0 Å². The van der Waals surface area contributed by atoms with Crippen molar-refractivity contribution in [2.45, 2.75) is 141 Å². The average molecular weight is 669 g/mol. The summed E-state index contributed by atoms with van der Waals surface area (Å²) in [5.74, 6) is 3.53. The summed E-state index contributed by atoms with van der Waals surface area (Å²) in [7, 11) is 0. The molecular formula is C46H60N4. The zero-order valence-electron chi connectivity index (χ0n) is 31.2. The first-order valence-electron chi connectivity index (χ1n) is 21.1. The lowest BCUT2D eigenvalue weighted by atomic mass is 9.45. The van der Waals surface area contributed by atoms with E-state index < -0.39 is 0 Å². The molecule has 10 unspecified atom stereocenters. The highest BCUT2D eigenvalue weighted by Gasteiger charge is 2.60. The van der Waals surface area contributed by atoms with Gasteiger partial charge >= 0.3 is 0 Å². The lowest BCUT2D eigenvalue weighted by Crippen LogP contribution is -2.58. The Bertz CT molecular complexity index is 1760. The summed E-state index contributed by atoms with van der Waals surface area (Å²) >= 11 is 0. The molecule has 4 nitrogen and oxygen atoms in total. The van der Waals surface area contributed by atoms with E-state index in [4.69, 9.17) is 0 Å². The van der Waals surface area contributed by atoms with Gasteiger partial charge in [0.25, 0.3) is 0 Å². The van der Waals surface area contributed by atoms with E-state index in [1.54, 1.807) is 22.3 Å². The monoisotopic (exact) mass is 668 g/mol. The largest absolute Gasteiger partial charge is 0.380 e. The van der Waals surface area contributed by atoms with E-state index in [2.05, 4.69) is 90.7 Å². The molecule has 11 rings (SSSR count). The minimum absolute atomic E-state index is 0.399. The fourth-order valence-corrected chi connectivity index (χ4v) is 14.2. The zero-order valence-corrected chi connectivity index (χ0v) is 31.2. The highest BCUT2D eigenvalue weighted by Crippen LogP contribution is 2.66. The Labute approximate surface area is 301 Å². The van der Waals surface area contributed by atoms with Crippen molar-refractivity contribution in [2.24, 2.45) is 35.0 Å². The Morgan fingerprint density at radius 2 is 1.74 bits per heavy atom. The number of nitrogens with one attached hydrogen (secondary N) is 2. The van der Waals surface area contributed by atoms with E-state index in [9.17, 15) is 0 Å². The number of rotatable bonds is 3. The van der Waals surface area contributed by atoms with Gasteiger partial charge in [-0.25, -0.2) is 0 Å². The molecule has 264 valence electrons. The number of hydrogen-bond donors (Lipinski definition) is 2. The Morgan fingerprint density at radius 1 is 0.880 bits per heavy atom. The van der Waals surface area contributed by atoms with E-state index >= 15 is 0 Å². The number of likely N-dealkylation sites (tertiary alicyclic amines) is 1. The molecule has 0 spiro atoms. The van der Waals surface area contributed by atoms with Gasteiger partial charge in [0.05, 0.1) is 23.5 Å². The van der Waals surface area contributed by atoms with Crippen molar-refractivity contribution in [2.75, 3.05) is 13.1 Å². The van der Waals surface area contributed by atoms with Crippen molar-refractivity contribution in [1.82, 2.24) is 20.4 Å². The normalized spacial score (nSPS) is 42.3. The van der Waals surface area contributed by atoms with Gasteiger partial charge in [-0.1, -0.05) is 64.2 Å². The Balaban J connectivity index is 1.10. The van der Waals surface area contributed by atoms with Crippen LogP contribution in [0.2, 0.25) is 0 Å². The third-order valence-electron chi connectivity index (χ3n) is 16.1. The molecule has 10 atom stereocenters. The second-order valence-corrected chi connectivity index (χ2v) is 19.1. The van der Waals surface area contributed by atoms with Crippen molar-refractivity contribution in [3.05, 3.63) is 92.9 Å². The van der Waals surface area contributed by atoms with E-state index in [1.165, 1.54) is 88.4 Å². The topological polar surface area (TPSA) is 30.5 Å². The lowest BCUT2D eigenvalue weighted by molar-refractivity contribution is -0.0116. The fraction of sp³-hybridized carbons (Fsp3) is 0.652. The van der Waals surface area contributed by atoms with Crippen molar-refractivity contribution >= 4 is 0 Å². The van der Waals surface area contributed by atoms with Gasteiger partial charge in [0.2, 0.25) is 0 Å². The predicted octanol–water partition coefficient (Wildman–Crippen LogP) is 8.66. The third kappa shape index (κ3) is 4.18. The molecule has 0 radical (unpaired) electrons. The molecule has 3 fully saturated rings. The van der Waals surface area contributed by atoms with Crippen LogP contribution in [0.3, 0.4) is 0 Å². The van der Waals surface area contributed by atoms with Crippen LogP contribution < -0.4 is 10.6 Å². The number of fused-ring (bicyclic) bond motifs is 5. The second-order valence-electron chi connectivity index (χ2n) is 19.1. The lowest BCUT2D eigenvalue weighted by Gasteiger charge is -2.62. The Hall–Kier alpha value is -2.56. The van der Waals surface area contributed by atoms with E-state index in [0.29, 0.717) is 53.5 Å². The van der Waals surface area contributed by atoms with Crippen molar-refractivity contribution in [3.63, 3.8) is 0 Å². The predicted molar refractivity (Wildman–Crippen MR) is 204 cm³/mol. The van der Waals surface area contributed by atoms with Crippen molar-refractivity contribution in [3.8, 4) is 0 Å². The summed E-state index contributed by atoms with van der Waals surface area (Å²) in [5, 5.41) is 7.87. The summed E-state index contributed by atoms with van der Waals surface area (Å²) in [4.78, 5) is 6.10. The first-order chi connectivity index (χ1) is 24.4. The van der Waals surface area contributed by atoms with Gasteiger partial charge < -0.3 is 15.5 Å². The molecule has 50 heavy (non-hydrogen) atoms. The minimum atomic E-state index is 0.399. The molecular weight excluding hydrogens is 609 g/mol. The van der Waals surface area contributed by atoms with Crippen molar-refractivity contribution in [1.29, 1.82) is 0 Å². The van der Waals surface area contributed by atoms with E-state index in [-0.39, 0.29) is 0 Å². The number of allylic oxidation sites excluding steroid dienone is 6. The van der Waals surface area contributed by atoms with Crippen LogP contribution >= 0.6 is 0 Å². The number of hydrogen-bond acceptors (Lipinski definition) is 4. The summed E-state index contributed by atoms with van der Waals surface area (Å²) in [5.41, 5.74) is 15.9. The molecule has 0 aromatic heterocycles. The molecule has 2 N–H and O–H groups in total. The van der Waals surface area contributed by atoms with Crippen LogP contribution in [0.5, 0.6) is 0 Å². The maximum atomic E-state index is 3.99. The quantitative estimate of drug-likeness (QED) is 0.295. The molecule has 7 aliphatic carbocycles. The molecule has 4 heteroatoms. The Kier molecular flexibility index (Phi) is 6.96. The van der Waals surface area contributed by atoms with E-state index in [1.807, 2.05) is 16.7 Å². The Morgan fingerprint density at radius 3 is 2.62 bits per heavy atom.